The maximum atomic E-state index is 10.2. The van der Waals surface area contributed by atoms with E-state index < -0.39 is 11.0 Å². The van der Waals surface area contributed by atoms with E-state index in [1.165, 1.54) is 0 Å². The molecule has 0 aromatic heterocycles. The second-order valence-corrected chi connectivity index (χ2v) is 2.02. The average molecular weight is 145 g/mol. The highest BCUT2D eigenvalue weighted by Gasteiger charge is 2.35. The van der Waals surface area contributed by atoms with Crippen LogP contribution in [-0.4, -0.2) is 22.4 Å². The molecule has 1 heterocycles. The molecule has 1 rings (SSSR count). The number of azo groups is 1. The lowest BCUT2D eigenvalue weighted by Crippen LogP contribution is -2.25. The van der Waals surface area contributed by atoms with Gasteiger partial charge >= 0.3 is 11.0 Å². The Morgan fingerprint density at radius 3 is 2.67 bits per heavy atom. The van der Waals surface area contributed by atoms with Gasteiger partial charge in [-0.15, -0.1) is 22.9 Å². The maximum absolute atomic E-state index is 10.2. The van der Waals surface area contributed by atoms with Gasteiger partial charge in [0.05, 0.1) is 0 Å². The van der Waals surface area contributed by atoms with Gasteiger partial charge in [-0.05, 0) is 0 Å². The van der Waals surface area contributed by atoms with E-state index in [4.69, 9.17) is 5.11 Å². The van der Waals surface area contributed by atoms with Crippen molar-refractivity contribution in [2.45, 2.75) is 4.99 Å². The second-order valence-electron chi connectivity index (χ2n) is 1.40. The van der Waals surface area contributed by atoms with Crippen molar-refractivity contribution in [2.24, 2.45) is 15.2 Å². The minimum atomic E-state index is -1.67. The molecule has 1 unspecified atom stereocenters. The first-order valence-electron chi connectivity index (χ1n) is 2.06. The molecular formula is C3H3N3O2S. The van der Waals surface area contributed by atoms with E-state index in [1.807, 2.05) is 0 Å². The quantitative estimate of drug-likeness (QED) is 0.515. The number of nitrogens with zero attached hydrogens (tertiary/aromatic N) is 3. The molecule has 0 aromatic carbocycles. The predicted molar refractivity (Wildman–Crippen MR) is 32.7 cm³/mol. The smallest absolute Gasteiger partial charge is 0.367 e. The van der Waals surface area contributed by atoms with E-state index in [2.05, 4.69) is 27.8 Å². The van der Waals surface area contributed by atoms with Gasteiger partial charge in [0.2, 0.25) is 0 Å². The van der Waals surface area contributed by atoms with Crippen molar-refractivity contribution in [3.05, 3.63) is 0 Å². The number of aliphatic imine (C=N–C) groups is 1. The van der Waals surface area contributed by atoms with Crippen molar-refractivity contribution in [3.63, 3.8) is 0 Å². The molecule has 1 atom stereocenters. The van der Waals surface area contributed by atoms with Crippen LogP contribution in [0, 0.1) is 0 Å². The molecule has 0 saturated carbocycles. The van der Waals surface area contributed by atoms with Gasteiger partial charge < -0.3 is 5.11 Å². The summed E-state index contributed by atoms with van der Waals surface area (Å²) in [6.07, 6.45) is 1.06. The fourth-order valence-corrected chi connectivity index (χ4v) is 0.440. The predicted octanol–water partition coefficient (Wildman–Crippen LogP) is 0.149. The van der Waals surface area contributed by atoms with E-state index in [0.29, 0.717) is 0 Å². The molecule has 1 aliphatic rings. The van der Waals surface area contributed by atoms with Gasteiger partial charge in [-0.3, -0.25) is 0 Å². The third-order valence-corrected chi connectivity index (χ3v) is 1.17. The number of hydrogen-bond donors (Lipinski definition) is 2. The molecule has 1 aliphatic heterocycles. The van der Waals surface area contributed by atoms with Gasteiger partial charge in [0.25, 0.3) is 0 Å². The molecular weight excluding hydrogens is 142 g/mol. The Morgan fingerprint density at radius 2 is 2.44 bits per heavy atom. The standard InChI is InChI=1S/C3H3N3O2S/c7-2(8)3(9)4-1-5-6-3/h1,9H,(H,7,8). The Kier molecular flexibility index (Phi) is 1.24. The largest absolute Gasteiger partial charge is 0.477 e. The molecule has 0 aliphatic carbocycles. The summed E-state index contributed by atoms with van der Waals surface area (Å²) in [5, 5.41) is 14.8. The van der Waals surface area contributed by atoms with Crippen LogP contribution in [0.4, 0.5) is 0 Å². The fourth-order valence-electron chi connectivity index (χ4n) is 0.336. The van der Waals surface area contributed by atoms with Gasteiger partial charge in [0.1, 0.15) is 6.34 Å². The number of rotatable bonds is 1. The van der Waals surface area contributed by atoms with Crippen LogP contribution in [-0.2, 0) is 4.79 Å². The number of carboxylic acid groups (broad SMARTS) is 1. The summed E-state index contributed by atoms with van der Waals surface area (Å²) in [4.78, 5) is 11.9. The highest BCUT2D eigenvalue weighted by atomic mass is 32.1. The third kappa shape index (κ3) is 0.925. The SMILES string of the molecule is O=C(O)C1(S)N=CN=N1. The first-order valence-corrected chi connectivity index (χ1v) is 2.51. The fraction of sp³-hybridized carbons (Fsp3) is 0.333. The molecule has 1 N–H and O–H groups in total. The van der Waals surface area contributed by atoms with Gasteiger partial charge in [-0.2, -0.15) is 0 Å². The number of aliphatic carboxylic acids is 1. The Balaban J connectivity index is 2.88. The minimum absolute atomic E-state index is 1.06. The van der Waals surface area contributed by atoms with Gasteiger partial charge in [0, 0.05) is 0 Å². The highest BCUT2D eigenvalue weighted by molar-refractivity contribution is 7.82. The first-order chi connectivity index (χ1) is 4.15. The topological polar surface area (TPSA) is 74.4 Å². The zero-order valence-electron chi connectivity index (χ0n) is 4.22. The Bertz CT molecular complexity index is 187. The summed E-state index contributed by atoms with van der Waals surface area (Å²) in [5.41, 5.74) is 0. The van der Waals surface area contributed by atoms with Gasteiger partial charge in [-0.25, -0.2) is 9.79 Å². The van der Waals surface area contributed by atoms with Crippen molar-refractivity contribution < 1.29 is 9.90 Å². The number of hydrogen-bond acceptors (Lipinski definition) is 5. The van der Waals surface area contributed by atoms with E-state index in [0.717, 1.165) is 6.34 Å². The molecule has 0 aromatic rings. The number of thiol groups is 1. The van der Waals surface area contributed by atoms with E-state index in [9.17, 15) is 4.79 Å². The molecule has 48 valence electrons. The van der Waals surface area contributed by atoms with Crippen LogP contribution in [0.3, 0.4) is 0 Å². The first kappa shape index (κ1) is 6.21. The van der Waals surface area contributed by atoms with Crippen LogP contribution in [0.15, 0.2) is 15.2 Å². The molecule has 0 spiro atoms. The van der Waals surface area contributed by atoms with Gasteiger partial charge in [0.15, 0.2) is 0 Å². The lowest BCUT2D eigenvalue weighted by molar-refractivity contribution is -0.139. The zero-order valence-corrected chi connectivity index (χ0v) is 5.12. The molecule has 6 heteroatoms. The number of carboxylic acids is 1. The summed E-state index contributed by atoms with van der Waals surface area (Å²) in [6, 6.07) is 0. The van der Waals surface area contributed by atoms with Crippen molar-refractivity contribution in [2.75, 3.05) is 0 Å². The lowest BCUT2D eigenvalue weighted by Gasteiger charge is -2.04. The third-order valence-electron chi connectivity index (χ3n) is 0.774. The Morgan fingerprint density at radius 1 is 1.78 bits per heavy atom. The van der Waals surface area contributed by atoms with Crippen LogP contribution in [0.25, 0.3) is 0 Å². The summed E-state index contributed by atoms with van der Waals surface area (Å²) in [5.74, 6) is -1.22. The zero-order chi connectivity index (χ0) is 6.91. The maximum Gasteiger partial charge on any atom is 0.367 e. The molecule has 9 heavy (non-hydrogen) atoms. The highest BCUT2D eigenvalue weighted by Crippen LogP contribution is 2.21. The molecule has 0 amide bonds. The van der Waals surface area contributed by atoms with Crippen LogP contribution >= 0.6 is 12.6 Å². The van der Waals surface area contributed by atoms with Crippen molar-refractivity contribution in [3.8, 4) is 0 Å². The summed E-state index contributed by atoms with van der Waals surface area (Å²) in [7, 11) is 0. The van der Waals surface area contributed by atoms with Crippen LogP contribution in [0.5, 0.6) is 0 Å². The van der Waals surface area contributed by atoms with Crippen molar-refractivity contribution in [1.82, 2.24) is 0 Å². The summed E-state index contributed by atoms with van der Waals surface area (Å²) < 4.78 is 0. The lowest BCUT2D eigenvalue weighted by atomic mass is 10.5. The van der Waals surface area contributed by atoms with E-state index in [1.54, 1.807) is 0 Å². The van der Waals surface area contributed by atoms with Crippen LogP contribution in [0.1, 0.15) is 0 Å². The summed E-state index contributed by atoms with van der Waals surface area (Å²) in [6.45, 7) is 0. The van der Waals surface area contributed by atoms with E-state index >= 15 is 0 Å². The molecule has 0 fully saturated rings. The normalized spacial score (nSPS) is 31.2. The van der Waals surface area contributed by atoms with Gasteiger partial charge in [-0.1, -0.05) is 0 Å². The Labute approximate surface area is 55.9 Å². The van der Waals surface area contributed by atoms with Crippen molar-refractivity contribution in [1.29, 1.82) is 0 Å². The summed E-state index contributed by atoms with van der Waals surface area (Å²) >= 11 is 3.62. The molecule has 0 radical (unpaired) electrons. The molecule has 0 saturated heterocycles. The Hall–Kier alpha value is -0.910. The number of carbonyl (C=O) groups is 1. The average Bonchev–Trinajstić information content (AvgIpc) is 2.16. The van der Waals surface area contributed by atoms with E-state index in [-0.39, 0.29) is 0 Å². The second kappa shape index (κ2) is 1.80. The minimum Gasteiger partial charge on any atom is -0.477 e. The molecule has 0 bridgehead atoms. The molecule has 5 nitrogen and oxygen atoms in total. The monoisotopic (exact) mass is 145 g/mol. The van der Waals surface area contributed by atoms with Crippen LogP contribution in [0.2, 0.25) is 0 Å². The van der Waals surface area contributed by atoms with Crippen LogP contribution < -0.4 is 0 Å². The van der Waals surface area contributed by atoms with Crippen molar-refractivity contribution >= 4 is 24.9 Å².